The molecule has 0 aliphatic carbocycles. The summed E-state index contributed by atoms with van der Waals surface area (Å²) in [6.45, 7) is 0. The molecule has 0 aliphatic heterocycles. The van der Waals surface area contributed by atoms with Crippen molar-refractivity contribution < 1.29 is 265 Å². The first-order valence-electron chi connectivity index (χ1n) is 2.67. The summed E-state index contributed by atoms with van der Waals surface area (Å²) in [4.78, 5) is 0. The fourth-order valence-corrected chi connectivity index (χ4v) is 1.84. The van der Waals surface area contributed by atoms with Crippen LogP contribution in [0, 0.1) is 0 Å². The fourth-order valence-electron chi connectivity index (χ4n) is 0.204. The van der Waals surface area contributed by atoms with E-state index < -0.39 is 41.6 Å². The molecule has 112 valence electrons. The van der Waals surface area contributed by atoms with E-state index in [0.29, 0.717) is 0 Å². The Labute approximate surface area is 297 Å². The predicted molar refractivity (Wildman–Crippen MR) is 41.0 cm³/mol. The van der Waals surface area contributed by atoms with Crippen LogP contribution >= 0.6 is 0 Å². The topological polar surface area (TPSA) is 247 Å². The quantitative estimate of drug-likeness (QED) is 0.194. The van der Waals surface area contributed by atoms with Gasteiger partial charge in [0.1, 0.15) is 0 Å². The minimum Gasteiger partial charge on any atom is -0.725 e. The maximum atomic E-state index is 9.29. The molecule has 0 atom stereocenters. The molecule has 0 amide bonds. The van der Waals surface area contributed by atoms with Crippen LogP contribution in [0.25, 0.3) is 0 Å². The van der Waals surface area contributed by atoms with Crippen molar-refractivity contribution in [1.29, 1.82) is 0 Å². The average Bonchev–Trinajstić information content (AvgIpc) is 1.64. The molecule has 0 rings (SSSR count). The van der Waals surface area contributed by atoms with Crippen molar-refractivity contribution in [2.24, 2.45) is 0 Å². The van der Waals surface area contributed by atoms with Gasteiger partial charge in [-0.25, -0.2) is 33.7 Å². The molecule has 0 bridgehead atoms. The zero-order valence-electron chi connectivity index (χ0n) is 11.3. The van der Waals surface area contributed by atoms with Crippen molar-refractivity contribution in [2.75, 3.05) is 0 Å². The Hall–Kier alpha value is 6.11. The van der Waals surface area contributed by atoms with Crippen LogP contribution in [0.2, 0.25) is 0 Å². The molecule has 22 heteroatoms. The van der Waals surface area contributed by atoms with E-state index in [1.165, 1.54) is 0 Å². The molecular formula is K4O14S4. The molecule has 0 N–H and O–H groups in total. The van der Waals surface area contributed by atoms with Crippen molar-refractivity contribution in [1.82, 2.24) is 0 Å². The van der Waals surface area contributed by atoms with E-state index in [4.69, 9.17) is 0 Å². The summed E-state index contributed by atoms with van der Waals surface area (Å²) >= 11 is 0. The predicted octanol–water partition coefficient (Wildman–Crippen LogP) is -16.1. The summed E-state index contributed by atoms with van der Waals surface area (Å²) in [5, 5.41) is 0. The van der Waals surface area contributed by atoms with Crippen LogP contribution in [-0.2, 0) is 48.9 Å². The minimum atomic E-state index is -5.43. The molecule has 0 radical (unpaired) electrons. The van der Waals surface area contributed by atoms with Crippen LogP contribution in [-0.4, -0.2) is 51.9 Å². The molecule has 0 saturated carbocycles. The van der Waals surface area contributed by atoms with E-state index in [9.17, 15) is 51.9 Å². The summed E-state index contributed by atoms with van der Waals surface area (Å²) in [6, 6.07) is 0. The summed E-state index contributed by atoms with van der Waals surface area (Å²) in [5.74, 6) is 0. The van der Waals surface area contributed by atoms with Crippen LogP contribution in [0.15, 0.2) is 0 Å². The second-order valence-electron chi connectivity index (χ2n) is 1.77. The van der Waals surface area contributed by atoms with Crippen molar-refractivity contribution in [3.63, 3.8) is 0 Å². The van der Waals surface area contributed by atoms with Crippen LogP contribution in [0.3, 0.4) is 0 Å². The van der Waals surface area contributed by atoms with Crippen molar-refractivity contribution in [3.05, 3.63) is 0 Å². The molecule has 22 heavy (non-hydrogen) atoms. The van der Waals surface area contributed by atoms with E-state index in [1.807, 2.05) is 0 Å². The average molecular weight is 509 g/mol. The van der Waals surface area contributed by atoms with Gasteiger partial charge in [-0.3, -0.25) is 0 Å². The first-order chi connectivity index (χ1) is 7.41. The van der Waals surface area contributed by atoms with Crippen molar-refractivity contribution in [2.45, 2.75) is 0 Å². The van der Waals surface area contributed by atoms with Gasteiger partial charge in [-0.15, -0.1) is 0 Å². The molecule has 0 fully saturated rings. The SMILES string of the molecule is O=S(=O)([O-])OS(=O)(=O)[O-].O=S(=O)([O-])OS(=O)(=O)[O-].[K+].[K+].[K+].[K+]. The Morgan fingerprint density at radius 2 is 0.500 bits per heavy atom. The Morgan fingerprint density at radius 3 is 0.500 bits per heavy atom. The zero-order valence-corrected chi connectivity index (χ0v) is 27.1. The molecule has 0 saturated heterocycles. The van der Waals surface area contributed by atoms with Gasteiger partial charge in [0, 0.05) is 0 Å². The van der Waals surface area contributed by atoms with Gasteiger partial charge in [-0.05, 0) is 0 Å². The molecule has 14 nitrogen and oxygen atoms in total. The Kier molecular flexibility index (Phi) is 34.4. The van der Waals surface area contributed by atoms with Gasteiger partial charge in [0.15, 0.2) is 0 Å². The maximum absolute atomic E-state index is 9.29. The minimum absolute atomic E-state index is 0. The summed E-state index contributed by atoms with van der Waals surface area (Å²) in [7, 11) is -21.7. The molecule has 0 aromatic heterocycles. The van der Waals surface area contributed by atoms with E-state index in [1.54, 1.807) is 0 Å². The van der Waals surface area contributed by atoms with E-state index in [0.717, 1.165) is 0 Å². The standard InChI is InChI=1S/4K.2H2O7S2/c;;;;2*1-8(2,3)7-9(4,5)6/h;;;;2*(H,1,2,3)(H,4,5,6)/q4*+1;;/p-4. The third-order valence-corrected chi connectivity index (χ3v) is 3.00. The van der Waals surface area contributed by atoms with Crippen molar-refractivity contribution >= 4 is 41.6 Å². The maximum Gasteiger partial charge on any atom is 1.00 e. The second kappa shape index (κ2) is 17.9. The first-order valence-corrected chi connectivity index (χ1v) is 8.00. The number of hydrogen-bond acceptors (Lipinski definition) is 14. The Morgan fingerprint density at radius 1 is 0.409 bits per heavy atom. The largest absolute Gasteiger partial charge is 1.00 e. The molecule has 0 heterocycles. The van der Waals surface area contributed by atoms with Crippen LogP contribution in [0.4, 0.5) is 0 Å². The molecule has 0 aromatic carbocycles. The number of hydrogen-bond donors (Lipinski definition) is 0. The Balaban J connectivity index is -0.0000000492. The van der Waals surface area contributed by atoms with Crippen LogP contribution < -0.4 is 206 Å². The van der Waals surface area contributed by atoms with Gasteiger partial charge >= 0.3 is 206 Å². The molecule has 0 unspecified atom stereocenters. The summed E-state index contributed by atoms with van der Waals surface area (Å²) in [5.41, 5.74) is 0. The first kappa shape index (κ1) is 42.3. The van der Waals surface area contributed by atoms with Crippen LogP contribution in [0.1, 0.15) is 0 Å². The van der Waals surface area contributed by atoms with Gasteiger partial charge in [0.2, 0.25) is 41.6 Å². The van der Waals surface area contributed by atoms with E-state index >= 15 is 0 Å². The normalized spacial score (nSPS) is 11.1. The second-order valence-corrected chi connectivity index (χ2v) is 6.12. The molecule has 0 aromatic rings. The smallest absolute Gasteiger partial charge is 0.725 e. The third-order valence-electron chi connectivity index (χ3n) is 0.333. The zero-order chi connectivity index (χ0) is 15.4. The van der Waals surface area contributed by atoms with Crippen molar-refractivity contribution in [3.8, 4) is 0 Å². The molecule has 0 spiro atoms. The summed E-state index contributed by atoms with van der Waals surface area (Å²) in [6.07, 6.45) is 0. The molecule has 0 aliphatic rings. The van der Waals surface area contributed by atoms with Gasteiger partial charge < -0.3 is 18.2 Å². The number of rotatable bonds is 4. The van der Waals surface area contributed by atoms with Gasteiger partial charge in [-0.1, -0.05) is 0 Å². The fraction of sp³-hybridized carbons (Fsp3) is 0. The summed E-state index contributed by atoms with van der Waals surface area (Å²) < 4.78 is 116. The monoisotopic (exact) mass is 508 g/mol. The van der Waals surface area contributed by atoms with Gasteiger partial charge in [-0.2, -0.15) is 7.26 Å². The van der Waals surface area contributed by atoms with Gasteiger partial charge in [0.25, 0.3) is 0 Å². The third kappa shape index (κ3) is 50.2. The Bertz CT molecular complexity index is 541. The van der Waals surface area contributed by atoms with Gasteiger partial charge in [0.05, 0.1) is 0 Å². The van der Waals surface area contributed by atoms with E-state index in [2.05, 4.69) is 7.26 Å². The van der Waals surface area contributed by atoms with Crippen LogP contribution in [0.5, 0.6) is 0 Å². The molecular weight excluding hydrogens is 509 g/mol. The van der Waals surface area contributed by atoms with E-state index in [-0.39, 0.29) is 206 Å².